The number of hydrogen-bond acceptors (Lipinski definition) is 3. The molecule has 0 fully saturated rings. The Balaban J connectivity index is 2.36. The van der Waals surface area contributed by atoms with Gasteiger partial charge in [-0.15, -0.1) is 0 Å². The summed E-state index contributed by atoms with van der Waals surface area (Å²) >= 11 is 3.43. The molecule has 0 aliphatic heterocycles. The second-order valence-corrected chi connectivity index (χ2v) is 6.33. The van der Waals surface area contributed by atoms with E-state index in [4.69, 9.17) is 9.72 Å². The summed E-state index contributed by atoms with van der Waals surface area (Å²) in [7, 11) is 0. The predicted molar refractivity (Wildman–Crippen MR) is 97.5 cm³/mol. The summed E-state index contributed by atoms with van der Waals surface area (Å²) in [5.74, 6) is 0.370. The van der Waals surface area contributed by atoms with Crippen molar-refractivity contribution in [2.45, 2.75) is 19.8 Å². The highest BCUT2D eigenvalue weighted by molar-refractivity contribution is 9.10. The third-order valence-electron chi connectivity index (χ3n) is 3.73. The Morgan fingerprint density at radius 3 is 2.62 bits per heavy atom. The number of hydrogen-bond donors (Lipinski definition) is 1. The summed E-state index contributed by atoms with van der Waals surface area (Å²) in [6.45, 7) is 2.05. The van der Waals surface area contributed by atoms with Crippen LogP contribution in [0.25, 0.3) is 22.2 Å². The van der Waals surface area contributed by atoms with E-state index in [0.29, 0.717) is 23.1 Å². The number of pyridine rings is 1. The van der Waals surface area contributed by atoms with Crippen molar-refractivity contribution in [1.82, 2.24) is 4.98 Å². The average Bonchev–Trinajstić information content (AvgIpc) is 2.57. The summed E-state index contributed by atoms with van der Waals surface area (Å²) < 4.78 is 6.03. The molecule has 5 heteroatoms. The third kappa shape index (κ3) is 3.26. The maximum absolute atomic E-state index is 11.2. The molecule has 1 heterocycles. The first-order valence-corrected chi connectivity index (χ1v) is 8.47. The zero-order valence-corrected chi connectivity index (χ0v) is 14.7. The van der Waals surface area contributed by atoms with Crippen molar-refractivity contribution in [3.63, 3.8) is 0 Å². The van der Waals surface area contributed by atoms with E-state index in [9.17, 15) is 9.90 Å². The second-order valence-electron chi connectivity index (χ2n) is 5.41. The monoisotopic (exact) mass is 385 g/mol. The van der Waals surface area contributed by atoms with Gasteiger partial charge in [0.05, 0.1) is 11.2 Å². The second kappa shape index (κ2) is 7.01. The molecule has 0 unspecified atom stereocenters. The molecule has 1 aromatic heterocycles. The molecule has 3 aromatic rings. The van der Waals surface area contributed by atoms with Gasteiger partial charge in [0, 0.05) is 21.0 Å². The zero-order chi connectivity index (χ0) is 17.1. The predicted octanol–water partition coefficient (Wildman–Crippen LogP) is 5.67. The van der Waals surface area contributed by atoms with Gasteiger partial charge in [0.1, 0.15) is 5.75 Å². The molecule has 0 aliphatic rings. The van der Waals surface area contributed by atoms with Crippen LogP contribution in [0.4, 0.5) is 4.79 Å². The highest BCUT2D eigenvalue weighted by atomic mass is 79.9. The van der Waals surface area contributed by atoms with Crippen molar-refractivity contribution >= 4 is 33.0 Å². The molecular formula is C19H16BrNO3. The number of fused-ring (bicyclic) bond motifs is 1. The average molecular weight is 386 g/mol. The molecule has 0 bridgehead atoms. The van der Waals surface area contributed by atoms with E-state index < -0.39 is 6.16 Å². The van der Waals surface area contributed by atoms with E-state index in [1.54, 1.807) is 0 Å². The van der Waals surface area contributed by atoms with Crippen LogP contribution in [0.1, 0.15) is 18.9 Å². The van der Waals surface area contributed by atoms with Gasteiger partial charge in [0.15, 0.2) is 0 Å². The van der Waals surface area contributed by atoms with Crippen molar-refractivity contribution in [2.24, 2.45) is 0 Å². The highest BCUT2D eigenvalue weighted by Gasteiger charge is 2.19. The summed E-state index contributed by atoms with van der Waals surface area (Å²) in [5, 5.41) is 9.89. The first-order chi connectivity index (χ1) is 11.6. The lowest BCUT2D eigenvalue weighted by atomic mass is 9.98. The fourth-order valence-electron chi connectivity index (χ4n) is 2.77. The Morgan fingerprint density at radius 2 is 1.96 bits per heavy atom. The van der Waals surface area contributed by atoms with Crippen molar-refractivity contribution in [3.05, 3.63) is 58.6 Å². The third-order valence-corrected chi connectivity index (χ3v) is 4.23. The van der Waals surface area contributed by atoms with E-state index in [1.165, 1.54) is 0 Å². The number of rotatable bonds is 4. The van der Waals surface area contributed by atoms with E-state index in [2.05, 4.69) is 15.9 Å². The van der Waals surface area contributed by atoms with Crippen LogP contribution < -0.4 is 4.74 Å². The first kappa shape index (κ1) is 16.5. The Kier molecular flexibility index (Phi) is 4.81. The molecular weight excluding hydrogens is 370 g/mol. The van der Waals surface area contributed by atoms with Crippen LogP contribution >= 0.6 is 15.9 Å². The normalized spacial score (nSPS) is 10.8. The van der Waals surface area contributed by atoms with Crippen LogP contribution in [0.15, 0.2) is 53.0 Å². The summed E-state index contributed by atoms with van der Waals surface area (Å²) in [4.78, 5) is 16.0. The standard InChI is InChI=1S/C19H16BrNO3/c1-2-6-14-17(12-7-4-3-5-8-12)21-16-10-9-13(20)11-15(16)18(14)24-19(22)23/h3-5,7-11H,2,6H2,1H3,(H,22,23). The lowest BCUT2D eigenvalue weighted by molar-refractivity contribution is 0.144. The van der Waals surface area contributed by atoms with Gasteiger partial charge in [-0.1, -0.05) is 59.6 Å². The molecule has 0 saturated carbocycles. The molecule has 0 aliphatic carbocycles. The molecule has 0 saturated heterocycles. The maximum atomic E-state index is 11.2. The minimum Gasteiger partial charge on any atom is -0.449 e. The van der Waals surface area contributed by atoms with Gasteiger partial charge in [-0.25, -0.2) is 9.78 Å². The van der Waals surface area contributed by atoms with Crippen molar-refractivity contribution in [3.8, 4) is 17.0 Å². The van der Waals surface area contributed by atoms with E-state index in [0.717, 1.165) is 27.7 Å². The van der Waals surface area contributed by atoms with Gasteiger partial charge in [-0.3, -0.25) is 0 Å². The van der Waals surface area contributed by atoms with Crippen LogP contribution in [-0.2, 0) is 6.42 Å². The van der Waals surface area contributed by atoms with Gasteiger partial charge in [0.25, 0.3) is 0 Å². The largest absolute Gasteiger partial charge is 0.511 e. The van der Waals surface area contributed by atoms with Gasteiger partial charge in [-0.05, 0) is 24.6 Å². The molecule has 0 radical (unpaired) electrons. The fraction of sp³-hybridized carbons (Fsp3) is 0.158. The van der Waals surface area contributed by atoms with Crippen LogP contribution in [-0.4, -0.2) is 16.2 Å². The van der Waals surface area contributed by atoms with Crippen molar-refractivity contribution in [1.29, 1.82) is 0 Å². The van der Waals surface area contributed by atoms with E-state index in [1.807, 2.05) is 55.5 Å². The number of carbonyl (C=O) groups is 1. The Bertz CT molecular complexity index is 894. The molecule has 1 N–H and O–H groups in total. The number of halogens is 1. The Hall–Kier alpha value is -2.40. The lowest BCUT2D eigenvalue weighted by Gasteiger charge is -2.16. The molecule has 0 amide bonds. The maximum Gasteiger partial charge on any atom is 0.511 e. The van der Waals surface area contributed by atoms with Crippen molar-refractivity contribution < 1.29 is 14.6 Å². The topological polar surface area (TPSA) is 59.4 Å². The molecule has 4 nitrogen and oxygen atoms in total. The quantitative estimate of drug-likeness (QED) is 0.587. The van der Waals surface area contributed by atoms with Gasteiger partial charge < -0.3 is 9.84 Å². The van der Waals surface area contributed by atoms with Crippen LogP contribution in [0.5, 0.6) is 5.75 Å². The molecule has 3 rings (SSSR count). The minimum absolute atomic E-state index is 0.370. The number of aromatic nitrogens is 1. The molecule has 0 spiro atoms. The Morgan fingerprint density at radius 1 is 1.21 bits per heavy atom. The molecule has 2 aromatic carbocycles. The smallest absolute Gasteiger partial charge is 0.449 e. The van der Waals surface area contributed by atoms with E-state index in [-0.39, 0.29) is 0 Å². The molecule has 24 heavy (non-hydrogen) atoms. The van der Waals surface area contributed by atoms with Gasteiger partial charge >= 0.3 is 6.16 Å². The first-order valence-electron chi connectivity index (χ1n) is 7.68. The van der Waals surface area contributed by atoms with Crippen LogP contribution in [0, 0.1) is 0 Å². The molecule has 0 atom stereocenters. The zero-order valence-electron chi connectivity index (χ0n) is 13.1. The van der Waals surface area contributed by atoms with Crippen LogP contribution in [0.2, 0.25) is 0 Å². The summed E-state index contributed by atoms with van der Waals surface area (Å²) in [6, 6.07) is 15.3. The molecule has 122 valence electrons. The number of carboxylic acid groups (broad SMARTS) is 1. The van der Waals surface area contributed by atoms with E-state index >= 15 is 0 Å². The number of benzene rings is 2. The van der Waals surface area contributed by atoms with Gasteiger partial charge in [0.2, 0.25) is 0 Å². The lowest BCUT2D eigenvalue weighted by Crippen LogP contribution is -2.08. The SMILES string of the molecule is CCCc1c(-c2ccccc2)nc2ccc(Br)cc2c1OC(=O)O. The minimum atomic E-state index is -1.32. The summed E-state index contributed by atoms with van der Waals surface area (Å²) in [6.07, 6.45) is 0.220. The number of ether oxygens (including phenoxy) is 1. The van der Waals surface area contributed by atoms with Crippen LogP contribution in [0.3, 0.4) is 0 Å². The Labute approximate surface area is 148 Å². The number of nitrogens with zero attached hydrogens (tertiary/aromatic N) is 1. The summed E-state index contributed by atoms with van der Waals surface area (Å²) in [5.41, 5.74) is 3.23. The van der Waals surface area contributed by atoms with Crippen molar-refractivity contribution in [2.75, 3.05) is 0 Å². The fourth-order valence-corrected chi connectivity index (χ4v) is 3.13. The highest BCUT2D eigenvalue weighted by Crippen LogP contribution is 2.37. The van der Waals surface area contributed by atoms with Gasteiger partial charge in [-0.2, -0.15) is 0 Å².